The van der Waals surface area contributed by atoms with E-state index < -0.39 is 5.97 Å². The first kappa shape index (κ1) is 18.7. The predicted molar refractivity (Wildman–Crippen MR) is 111 cm³/mol. The molecular formula is C23H20ClNO2. The molecule has 0 bridgehead atoms. The molecule has 0 saturated heterocycles. The molecule has 0 aliphatic rings. The second-order valence-electron chi connectivity index (χ2n) is 5.84. The third kappa shape index (κ3) is 4.78. The molecule has 0 radical (unpaired) electrons. The van der Waals surface area contributed by atoms with Crippen LogP contribution >= 0.6 is 11.6 Å². The van der Waals surface area contributed by atoms with Crippen LogP contribution in [0.25, 0.3) is 5.57 Å². The van der Waals surface area contributed by atoms with Gasteiger partial charge in [0.2, 0.25) is 0 Å². The van der Waals surface area contributed by atoms with Gasteiger partial charge in [0.25, 0.3) is 0 Å². The molecule has 27 heavy (non-hydrogen) atoms. The first-order valence-corrected chi connectivity index (χ1v) is 9.11. The summed E-state index contributed by atoms with van der Waals surface area (Å²) in [5.41, 5.74) is 4.20. The van der Waals surface area contributed by atoms with E-state index in [0.717, 1.165) is 16.7 Å². The standard InChI is InChI=1S/C23H20ClNO2/c1-2-27-23(26)20-15-19(24)13-14-22(20)25-16-21(17-9-5-3-6-10-17)18-11-7-4-8-12-18/h3-16,25H,2H2,1H3. The molecule has 136 valence electrons. The fourth-order valence-corrected chi connectivity index (χ4v) is 2.91. The lowest BCUT2D eigenvalue weighted by molar-refractivity contribution is 0.0527. The number of carbonyl (C=O) groups is 1. The average Bonchev–Trinajstić information content (AvgIpc) is 2.71. The lowest BCUT2D eigenvalue weighted by Gasteiger charge is -2.12. The maximum absolute atomic E-state index is 12.3. The highest BCUT2D eigenvalue weighted by Crippen LogP contribution is 2.26. The smallest absolute Gasteiger partial charge is 0.340 e. The highest BCUT2D eigenvalue weighted by molar-refractivity contribution is 6.31. The second kappa shape index (κ2) is 9.06. The molecule has 0 spiro atoms. The quantitative estimate of drug-likeness (QED) is 0.534. The average molecular weight is 378 g/mol. The summed E-state index contributed by atoms with van der Waals surface area (Å²) in [4.78, 5) is 12.3. The van der Waals surface area contributed by atoms with Gasteiger partial charge in [-0.1, -0.05) is 72.3 Å². The largest absolute Gasteiger partial charge is 0.462 e. The van der Waals surface area contributed by atoms with E-state index in [4.69, 9.17) is 16.3 Å². The van der Waals surface area contributed by atoms with Crippen molar-refractivity contribution in [3.05, 3.63) is 107 Å². The Kier molecular flexibility index (Phi) is 6.29. The molecule has 0 fully saturated rings. The molecule has 3 rings (SSSR count). The summed E-state index contributed by atoms with van der Waals surface area (Å²) in [5.74, 6) is -0.406. The normalized spacial score (nSPS) is 10.1. The van der Waals surface area contributed by atoms with Crippen LogP contribution in [0.2, 0.25) is 5.02 Å². The van der Waals surface area contributed by atoms with Crippen molar-refractivity contribution in [2.75, 3.05) is 11.9 Å². The Hall–Kier alpha value is -3.04. The molecule has 0 aromatic heterocycles. The molecule has 3 aromatic rings. The number of anilines is 1. The number of ether oxygens (including phenoxy) is 1. The monoisotopic (exact) mass is 377 g/mol. The van der Waals surface area contributed by atoms with E-state index in [0.29, 0.717) is 22.9 Å². The number of benzene rings is 3. The van der Waals surface area contributed by atoms with Crippen LogP contribution in [0.1, 0.15) is 28.4 Å². The Bertz CT molecular complexity index is 896. The van der Waals surface area contributed by atoms with Gasteiger partial charge in [0.15, 0.2) is 0 Å². The van der Waals surface area contributed by atoms with Gasteiger partial charge in [-0.2, -0.15) is 0 Å². The molecule has 0 aliphatic carbocycles. The summed E-state index contributed by atoms with van der Waals surface area (Å²) in [7, 11) is 0. The lowest BCUT2D eigenvalue weighted by atomic mass is 9.99. The molecule has 0 unspecified atom stereocenters. The summed E-state index contributed by atoms with van der Waals surface area (Å²) in [6, 6.07) is 25.3. The Balaban J connectivity index is 2.00. The maximum atomic E-state index is 12.3. The molecule has 3 nitrogen and oxygen atoms in total. The van der Waals surface area contributed by atoms with Gasteiger partial charge in [-0.3, -0.25) is 0 Å². The molecule has 1 N–H and O–H groups in total. The zero-order valence-corrected chi connectivity index (χ0v) is 15.7. The van der Waals surface area contributed by atoms with E-state index in [-0.39, 0.29) is 0 Å². The van der Waals surface area contributed by atoms with E-state index in [2.05, 4.69) is 29.6 Å². The van der Waals surface area contributed by atoms with Gasteiger partial charge in [0.1, 0.15) is 0 Å². The number of carbonyl (C=O) groups excluding carboxylic acids is 1. The third-order valence-corrected chi connectivity index (χ3v) is 4.25. The summed E-state index contributed by atoms with van der Waals surface area (Å²) in [6.45, 7) is 2.08. The van der Waals surface area contributed by atoms with Crippen LogP contribution in [0, 0.1) is 0 Å². The molecule has 0 heterocycles. The molecule has 3 aromatic carbocycles. The minimum Gasteiger partial charge on any atom is -0.462 e. The van der Waals surface area contributed by atoms with Crippen molar-refractivity contribution in [3.8, 4) is 0 Å². The van der Waals surface area contributed by atoms with E-state index in [1.807, 2.05) is 42.6 Å². The molecule has 0 aliphatic heterocycles. The van der Waals surface area contributed by atoms with Gasteiger partial charge in [-0.15, -0.1) is 0 Å². The van der Waals surface area contributed by atoms with Crippen molar-refractivity contribution in [1.82, 2.24) is 0 Å². The topological polar surface area (TPSA) is 38.3 Å². The van der Waals surface area contributed by atoms with Crippen LogP contribution in [0.4, 0.5) is 5.69 Å². The van der Waals surface area contributed by atoms with Crippen LogP contribution in [0.15, 0.2) is 85.1 Å². The van der Waals surface area contributed by atoms with Crippen molar-refractivity contribution < 1.29 is 9.53 Å². The van der Waals surface area contributed by atoms with Crippen LogP contribution in [0.3, 0.4) is 0 Å². The molecular weight excluding hydrogens is 358 g/mol. The first-order valence-electron chi connectivity index (χ1n) is 8.73. The number of hydrogen-bond acceptors (Lipinski definition) is 3. The zero-order valence-electron chi connectivity index (χ0n) is 15.0. The summed E-state index contributed by atoms with van der Waals surface area (Å²) >= 11 is 6.06. The van der Waals surface area contributed by atoms with Crippen LogP contribution in [0.5, 0.6) is 0 Å². The summed E-state index contributed by atoms with van der Waals surface area (Å²) in [6.07, 6.45) is 1.90. The number of halogens is 1. The lowest BCUT2D eigenvalue weighted by Crippen LogP contribution is -2.08. The van der Waals surface area contributed by atoms with Crippen LogP contribution in [-0.4, -0.2) is 12.6 Å². The van der Waals surface area contributed by atoms with Gasteiger partial charge >= 0.3 is 5.97 Å². The molecule has 0 atom stereocenters. The van der Waals surface area contributed by atoms with Gasteiger partial charge in [-0.25, -0.2) is 4.79 Å². The second-order valence-corrected chi connectivity index (χ2v) is 6.28. The Morgan fingerprint density at radius 3 is 2.11 bits per heavy atom. The first-order chi connectivity index (χ1) is 13.2. The van der Waals surface area contributed by atoms with Crippen molar-refractivity contribution in [2.45, 2.75) is 6.92 Å². The van der Waals surface area contributed by atoms with Gasteiger partial charge < -0.3 is 10.1 Å². The van der Waals surface area contributed by atoms with Crippen LogP contribution in [-0.2, 0) is 4.74 Å². The molecule has 4 heteroatoms. The Labute approximate surface area is 164 Å². The Morgan fingerprint density at radius 1 is 0.963 bits per heavy atom. The third-order valence-electron chi connectivity index (χ3n) is 4.02. The molecule has 0 amide bonds. The highest BCUT2D eigenvalue weighted by Gasteiger charge is 2.13. The van der Waals surface area contributed by atoms with Crippen molar-refractivity contribution in [3.63, 3.8) is 0 Å². The number of hydrogen-bond donors (Lipinski definition) is 1. The highest BCUT2D eigenvalue weighted by atomic mass is 35.5. The van der Waals surface area contributed by atoms with Crippen molar-refractivity contribution in [1.29, 1.82) is 0 Å². The van der Waals surface area contributed by atoms with E-state index in [1.165, 1.54) is 0 Å². The maximum Gasteiger partial charge on any atom is 0.340 e. The fourth-order valence-electron chi connectivity index (χ4n) is 2.74. The van der Waals surface area contributed by atoms with Crippen LogP contribution < -0.4 is 5.32 Å². The molecule has 0 saturated carbocycles. The number of nitrogens with one attached hydrogen (secondary N) is 1. The van der Waals surface area contributed by atoms with Gasteiger partial charge in [-0.05, 0) is 36.2 Å². The van der Waals surface area contributed by atoms with E-state index in [9.17, 15) is 4.79 Å². The fraction of sp³-hybridized carbons (Fsp3) is 0.0870. The number of rotatable bonds is 6. The van der Waals surface area contributed by atoms with Crippen molar-refractivity contribution >= 4 is 28.8 Å². The van der Waals surface area contributed by atoms with E-state index >= 15 is 0 Å². The van der Waals surface area contributed by atoms with Crippen molar-refractivity contribution in [2.24, 2.45) is 0 Å². The summed E-state index contributed by atoms with van der Waals surface area (Å²) in [5, 5.41) is 3.74. The number of esters is 1. The van der Waals surface area contributed by atoms with E-state index in [1.54, 1.807) is 25.1 Å². The SMILES string of the molecule is CCOC(=O)c1cc(Cl)ccc1NC=C(c1ccccc1)c1ccccc1. The minimum absolute atomic E-state index is 0.305. The predicted octanol–water partition coefficient (Wildman–Crippen LogP) is 6.02. The van der Waals surface area contributed by atoms with Gasteiger partial charge in [0, 0.05) is 16.8 Å². The zero-order chi connectivity index (χ0) is 19.1. The minimum atomic E-state index is -0.406. The summed E-state index contributed by atoms with van der Waals surface area (Å²) < 4.78 is 5.14. The van der Waals surface area contributed by atoms with Gasteiger partial charge in [0.05, 0.1) is 17.9 Å². The Morgan fingerprint density at radius 2 is 1.56 bits per heavy atom.